The molecule has 6 nitrogen and oxygen atoms in total. The zero-order valence-corrected chi connectivity index (χ0v) is 12.4. The van der Waals surface area contributed by atoms with Crippen LogP contribution in [0.5, 0.6) is 11.5 Å². The van der Waals surface area contributed by atoms with Gasteiger partial charge in [0.15, 0.2) is 0 Å². The Labute approximate surface area is 129 Å². The van der Waals surface area contributed by atoms with Crippen molar-refractivity contribution in [3.63, 3.8) is 0 Å². The molecular weight excluding hydrogens is 282 g/mol. The number of benzene rings is 1. The molecule has 0 fully saturated rings. The first-order chi connectivity index (χ1) is 10.8. The first-order valence-corrected chi connectivity index (χ1v) is 6.95. The van der Waals surface area contributed by atoms with Crippen LogP contribution in [-0.4, -0.2) is 37.7 Å². The second kappa shape index (κ2) is 8.76. The van der Waals surface area contributed by atoms with Crippen molar-refractivity contribution < 1.29 is 14.3 Å². The van der Waals surface area contributed by atoms with Crippen molar-refractivity contribution in [2.24, 2.45) is 0 Å². The number of methoxy groups -OCH3 is 1. The molecule has 0 aliphatic carbocycles. The maximum atomic E-state index is 11.7. The van der Waals surface area contributed by atoms with Gasteiger partial charge in [-0.15, -0.1) is 0 Å². The average Bonchev–Trinajstić information content (AvgIpc) is 2.54. The van der Waals surface area contributed by atoms with Crippen molar-refractivity contribution in [2.75, 3.05) is 32.1 Å². The summed E-state index contributed by atoms with van der Waals surface area (Å²) in [6.45, 7) is 1.47. The van der Waals surface area contributed by atoms with E-state index in [0.717, 1.165) is 5.69 Å². The van der Waals surface area contributed by atoms with Crippen LogP contribution in [0.2, 0.25) is 0 Å². The molecule has 2 N–H and O–H groups in total. The molecule has 0 spiro atoms. The van der Waals surface area contributed by atoms with Gasteiger partial charge in [-0.1, -0.05) is 0 Å². The Morgan fingerprint density at radius 3 is 2.45 bits per heavy atom. The SMILES string of the molecule is COCCNCC(=O)Nc1ccc(Oc2ccncc2)cc1. The Balaban J connectivity index is 1.80. The average molecular weight is 301 g/mol. The molecule has 0 aliphatic rings. The summed E-state index contributed by atoms with van der Waals surface area (Å²) in [6, 6.07) is 10.7. The molecule has 6 heteroatoms. The number of carbonyl (C=O) groups excluding carboxylic acids is 1. The second-order valence-corrected chi connectivity index (χ2v) is 4.53. The standard InChI is InChI=1S/C16H19N3O3/c1-21-11-10-18-12-16(20)19-13-2-4-14(5-3-13)22-15-6-8-17-9-7-15/h2-9,18H,10-12H2,1H3,(H,19,20). The maximum absolute atomic E-state index is 11.7. The Kier molecular flexibility index (Phi) is 6.35. The number of ether oxygens (including phenoxy) is 2. The third kappa shape index (κ3) is 5.51. The van der Waals surface area contributed by atoms with Crippen LogP contribution in [0.15, 0.2) is 48.8 Å². The lowest BCUT2D eigenvalue weighted by Crippen LogP contribution is -2.30. The van der Waals surface area contributed by atoms with Gasteiger partial charge >= 0.3 is 0 Å². The molecule has 0 bridgehead atoms. The number of rotatable bonds is 8. The largest absolute Gasteiger partial charge is 0.457 e. The van der Waals surface area contributed by atoms with Gasteiger partial charge in [0, 0.05) is 31.7 Å². The van der Waals surface area contributed by atoms with Crippen molar-refractivity contribution >= 4 is 11.6 Å². The number of carbonyl (C=O) groups is 1. The van der Waals surface area contributed by atoms with E-state index in [9.17, 15) is 4.79 Å². The molecule has 0 saturated carbocycles. The van der Waals surface area contributed by atoms with E-state index in [1.54, 1.807) is 55.9 Å². The van der Waals surface area contributed by atoms with Gasteiger partial charge in [0.1, 0.15) is 11.5 Å². The zero-order chi connectivity index (χ0) is 15.6. The van der Waals surface area contributed by atoms with Gasteiger partial charge < -0.3 is 20.1 Å². The van der Waals surface area contributed by atoms with Gasteiger partial charge in [0.2, 0.25) is 5.91 Å². The van der Waals surface area contributed by atoms with Crippen molar-refractivity contribution in [2.45, 2.75) is 0 Å². The number of amides is 1. The van der Waals surface area contributed by atoms with E-state index in [4.69, 9.17) is 9.47 Å². The monoisotopic (exact) mass is 301 g/mol. The number of nitrogens with zero attached hydrogens (tertiary/aromatic N) is 1. The molecule has 0 unspecified atom stereocenters. The smallest absolute Gasteiger partial charge is 0.238 e. The predicted molar refractivity (Wildman–Crippen MR) is 84.1 cm³/mol. The number of hydrogen-bond donors (Lipinski definition) is 2. The Morgan fingerprint density at radius 2 is 1.77 bits per heavy atom. The summed E-state index contributed by atoms with van der Waals surface area (Å²) < 4.78 is 10.5. The minimum absolute atomic E-state index is 0.0982. The molecule has 22 heavy (non-hydrogen) atoms. The topological polar surface area (TPSA) is 72.5 Å². The van der Waals surface area contributed by atoms with Crippen LogP contribution in [0.4, 0.5) is 5.69 Å². The van der Waals surface area contributed by atoms with Crippen LogP contribution in [0.3, 0.4) is 0 Å². The highest BCUT2D eigenvalue weighted by atomic mass is 16.5. The number of nitrogens with one attached hydrogen (secondary N) is 2. The summed E-state index contributed by atoms with van der Waals surface area (Å²) in [6.07, 6.45) is 3.33. The Hall–Kier alpha value is -2.44. The molecule has 1 aromatic carbocycles. The first-order valence-electron chi connectivity index (χ1n) is 6.95. The summed E-state index contributed by atoms with van der Waals surface area (Å²) in [7, 11) is 1.62. The predicted octanol–water partition coefficient (Wildman–Crippen LogP) is 2.05. The van der Waals surface area contributed by atoms with E-state index in [1.807, 2.05) is 0 Å². The summed E-state index contributed by atoms with van der Waals surface area (Å²) >= 11 is 0. The van der Waals surface area contributed by atoms with Crippen molar-refractivity contribution in [3.8, 4) is 11.5 Å². The summed E-state index contributed by atoms with van der Waals surface area (Å²) in [5.74, 6) is 1.32. The summed E-state index contributed by atoms with van der Waals surface area (Å²) in [5.41, 5.74) is 0.723. The van der Waals surface area contributed by atoms with Crippen LogP contribution in [0, 0.1) is 0 Å². The van der Waals surface area contributed by atoms with E-state index < -0.39 is 0 Å². The molecule has 1 aromatic heterocycles. The lowest BCUT2D eigenvalue weighted by Gasteiger charge is -2.08. The third-order valence-corrected chi connectivity index (χ3v) is 2.79. The lowest BCUT2D eigenvalue weighted by atomic mass is 10.3. The Bertz CT molecular complexity index is 573. The molecule has 116 valence electrons. The van der Waals surface area contributed by atoms with Crippen LogP contribution in [0.1, 0.15) is 0 Å². The number of anilines is 1. The molecule has 2 rings (SSSR count). The van der Waals surface area contributed by atoms with Crippen LogP contribution >= 0.6 is 0 Å². The van der Waals surface area contributed by atoms with Gasteiger partial charge in [0.05, 0.1) is 13.2 Å². The van der Waals surface area contributed by atoms with Gasteiger partial charge in [-0.25, -0.2) is 0 Å². The summed E-state index contributed by atoms with van der Waals surface area (Å²) in [5, 5.41) is 5.78. The van der Waals surface area contributed by atoms with Crippen molar-refractivity contribution in [1.82, 2.24) is 10.3 Å². The van der Waals surface area contributed by atoms with Gasteiger partial charge in [-0.2, -0.15) is 0 Å². The van der Waals surface area contributed by atoms with E-state index >= 15 is 0 Å². The fourth-order valence-electron chi connectivity index (χ4n) is 1.73. The molecule has 0 radical (unpaired) electrons. The number of aromatic nitrogens is 1. The molecule has 0 aliphatic heterocycles. The quantitative estimate of drug-likeness (QED) is 0.730. The van der Waals surface area contributed by atoms with E-state index in [1.165, 1.54) is 0 Å². The lowest BCUT2D eigenvalue weighted by molar-refractivity contribution is -0.115. The van der Waals surface area contributed by atoms with Crippen molar-refractivity contribution in [1.29, 1.82) is 0 Å². The minimum atomic E-state index is -0.0982. The van der Waals surface area contributed by atoms with Gasteiger partial charge in [-0.05, 0) is 36.4 Å². The minimum Gasteiger partial charge on any atom is -0.457 e. The number of hydrogen-bond acceptors (Lipinski definition) is 5. The van der Waals surface area contributed by atoms with E-state index in [2.05, 4.69) is 15.6 Å². The van der Waals surface area contributed by atoms with Gasteiger partial charge in [-0.3, -0.25) is 9.78 Å². The molecule has 1 heterocycles. The highest BCUT2D eigenvalue weighted by Gasteiger charge is 2.02. The van der Waals surface area contributed by atoms with Gasteiger partial charge in [0.25, 0.3) is 0 Å². The van der Waals surface area contributed by atoms with Crippen molar-refractivity contribution in [3.05, 3.63) is 48.8 Å². The molecule has 2 aromatic rings. The fraction of sp³-hybridized carbons (Fsp3) is 0.250. The van der Waals surface area contributed by atoms with Crippen LogP contribution in [0.25, 0.3) is 0 Å². The van der Waals surface area contributed by atoms with Crippen LogP contribution in [-0.2, 0) is 9.53 Å². The van der Waals surface area contributed by atoms with E-state index in [0.29, 0.717) is 24.7 Å². The second-order valence-electron chi connectivity index (χ2n) is 4.53. The normalized spacial score (nSPS) is 10.2. The highest BCUT2D eigenvalue weighted by Crippen LogP contribution is 2.22. The molecule has 1 amide bonds. The maximum Gasteiger partial charge on any atom is 0.238 e. The summed E-state index contributed by atoms with van der Waals surface area (Å²) in [4.78, 5) is 15.6. The molecule has 0 saturated heterocycles. The Morgan fingerprint density at radius 1 is 1.09 bits per heavy atom. The highest BCUT2D eigenvalue weighted by molar-refractivity contribution is 5.92. The zero-order valence-electron chi connectivity index (χ0n) is 12.4. The first kappa shape index (κ1) is 15.9. The molecule has 0 atom stereocenters. The fourth-order valence-corrected chi connectivity index (χ4v) is 1.73. The van der Waals surface area contributed by atoms with Crippen LogP contribution < -0.4 is 15.4 Å². The molecular formula is C16H19N3O3. The number of pyridine rings is 1. The van der Waals surface area contributed by atoms with E-state index in [-0.39, 0.29) is 12.5 Å². The third-order valence-electron chi connectivity index (χ3n) is 2.79.